The van der Waals surface area contributed by atoms with Crippen molar-refractivity contribution in [3.05, 3.63) is 119 Å². The summed E-state index contributed by atoms with van der Waals surface area (Å²) in [5.74, 6) is 1.44. The molecule has 0 spiro atoms. The summed E-state index contributed by atoms with van der Waals surface area (Å²) in [5, 5.41) is 12.7. The van der Waals surface area contributed by atoms with Crippen LogP contribution in [-0.4, -0.2) is 24.7 Å². The molecule has 9 heteroatoms. The van der Waals surface area contributed by atoms with Gasteiger partial charge in [-0.15, -0.1) is 0 Å². The molecule has 1 heterocycles. The Morgan fingerprint density at radius 3 is 2.24 bits per heavy atom. The van der Waals surface area contributed by atoms with E-state index in [1.807, 2.05) is 82.3 Å². The lowest BCUT2D eigenvalue weighted by Crippen LogP contribution is -2.25. The van der Waals surface area contributed by atoms with Crippen LogP contribution in [0, 0.1) is 17.2 Å². The summed E-state index contributed by atoms with van der Waals surface area (Å²) < 4.78 is 22.3. The van der Waals surface area contributed by atoms with Crippen molar-refractivity contribution >= 4 is 23.7 Å². The minimum Gasteiger partial charge on any atom is -0.483 e. The lowest BCUT2D eigenvalue weighted by Gasteiger charge is -2.22. The van der Waals surface area contributed by atoms with Crippen molar-refractivity contribution in [2.45, 2.75) is 51.7 Å². The highest BCUT2D eigenvalue weighted by molar-refractivity contribution is 6.30. The Morgan fingerprint density at radius 1 is 0.913 bits per heavy atom. The highest BCUT2D eigenvalue weighted by atomic mass is 35.5. The van der Waals surface area contributed by atoms with Crippen LogP contribution in [0.2, 0.25) is 5.02 Å². The molecule has 0 unspecified atom stereocenters. The number of hydrogen-bond donors (Lipinski definition) is 1. The lowest BCUT2D eigenvalue weighted by atomic mass is 9.88. The van der Waals surface area contributed by atoms with Crippen LogP contribution in [0.25, 0.3) is 0 Å². The molecule has 1 aliphatic heterocycles. The number of nitrogens with one attached hydrogen (secondary N) is 1. The van der Waals surface area contributed by atoms with Gasteiger partial charge < -0.3 is 24.3 Å². The average molecular weight is 641 g/mol. The van der Waals surface area contributed by atoms with Gasteiger partial charge in [-0.25, -0.2) is 4.79 Å². The fourth-order valence-corrected chi connectivity index (χ4v) is 5.13. The lowest BCUT2D eigenvalue weighted by molar-refractivity contribution is -0.150. The van der Waals surface area contributed by atoms with Gasteiger partial charge in [0.25, 0.3) is 0 Å². The van der Waals surface area contributed by atoms with E-state index in [0.29, 0.717) is 33.6 Å². The number of nitriles is 1. The molecule has 0 aliphatic carbocycles. The Labute approximate surface area is 274 Å². The average Bonchev–Trinajstić information content (AvgIpc) is 3.36. The van der Waals surface area contributed by atoms with Gasteiger partial charge >= 0.3 is 12.1 Å². The molecule has 238 valence electrons. The highest BCUT2D eigenvalue weighted by Gasteiger charge is 2.33. The minimum absolute atomic E-state index is 0.00855. The van der Waals surface area contributed by atoms with Crippen molar-refractivity contribution in [3.63, 3.8) is 0 Å². The first-order chi connectivity index (χ1) is 22.0. The van der Waals surface area contributed by atoms with E-state index in [1.54, 1.807) is 42.5 Å². The van der Waals surface area contributed by atoms with Crippen LogP contribution in [0.15, 0.2) is 97.1 Å². The molecule has 0 saturated carbocycles. The van der Waals surface area contributed by atoms with E-state index in [2.05, 4.69) is 11.4 Å². The van der Waals surface area contributed by atoms with E-state index in [-0.39, 0.29) is 11.5 Å². The third-order valence-corrected chi connectivity index (χ3v) is 7.35. The second-order valence-corrected chi connectivity index (χ2v) is 12.1. The van der Waals surface area contributed by atoms with Crippen LogP contribution < -0.4 is 19.5 Å². The number of carbonyl (C=O) groups is 2. The van der Waals surface area contributed by atoms with E-state index in [0.717, 1.165) is 17.5 Å². The topological polar surface area (TPSA) is 107 Å². The summed E-state index contributed by atoms with van der Waals surface area (Å²) in [4.78, 5) is 24.1. The van der Waals surface area contributed by atoms with Crippen LogP contribution in [0.4, 0.5) is 4.79 Å². The fourth-order valence-electron chi connectivity index (χ4n) is 5.01. The predicted molar refractivity (Wildman–Crippen MR) is 176 cm³/mol. The van der Waals surface area contributed by atoms with Gasteiger partial charge in [-0.05, 0) is 67.8 Å². The Hall–Kier alpha value is -5.00. The van der Waals surface area contributed by atoms with Gasteiger partial charge in [-0.2, -0.15) is 5.26 Å². The zero-order valence-corrected chi connectivity index (χ0v) is 27.2. The van der Waals surface area contributed by atoms with E-state index < -0.39 is 24.1 Å². The molecule has 0 bridgehead atoms. The summed E-state index contributed by atoms with van der Waals surface area (Å²) in [7, 11) is 1.52. The highest BCUT2D eigenvalue weighted by Crippen LogP contribution is 2.41. The van der Waals surface area contributed by atoms with Crippen LogP contribution >= 0.6 is 11.6 Å². The first kappa shape index (κ1) is 33.9. The molecular formula is C37H37ClN2O6. The fraction of sp³-hybridized carbons (Fsp3) is 0.270. The summed E-state index contributed by atoms with van der Waals surface area (Å²) in [5.41, 5.74) is 2.20. The second kappa shape index (κ2) is 15.3. The largest absolute Gasteiger partial charge is 0.483 e. The molecule has 0 fully saturated rings. The van der Waals surface area contributed by atoms with Crippen LogP contribution in [0.5, 0.6) is 23.0 Å². The number of amides is 1. The van der Waals surface area contributed by atoms with Crippen LogP contribution in [0.1, 0.15) is 56.4 Å². The summed E-state index contributed by atoms with van der Waals surface area (Å²) in [6.45, 7) is 7.90. The quantitative estimate of drug-likeness (QED) is 0.192. The standard InChI is InChI=1S/C25H22ClNO3.C12H15NO3/c1-17(2)24(18-11-13-20(26)14-12-18)25(28)30-23(16-27)19-7-6-10-22(15-19)29-21-8-4-3-5-9-21;1-12(2)7-8-5-4-6-9(10(8)16-12)15-11(14)13-3/h3-15,17,23-24H,1-2H3;4-6H,7H2,1-3H3,(H,13,14)/t23-,24+;/m1./s1. The number of halogens is 1. The molecule has 46 heavy (non-hydrogen) atoms. The van der Waals surface area contributed by atoms with E-state index >= 15 is 0 Å². The van der Waals surface area contributed by atoms with Crippen LogP contribution in [0.3, 0.4) is 0 Å². The maximum atomic E-state index is 13.0. The van der Waals surface area contributed by atoms with Gasteiger partial charge in [0.1, 0.15) is 23.2 Å². The van der Waals surface area contributed by atoms with E-state index in [1.165, 1.54) is 7.05 Å². The molecule has 0 saturated heterocycles. The minimum atomic E-state index is -1.04. The predicted octanol–water partition coefficient (Wildman–Crippen LogP) is 8.80. The van der Waals surface area contributed by atoms with Gasteiger partial charge in [0.2, 0.25) is 6.10 Å². The number of esters is 1. The molecule has 2 atom stereocenters. The number of nitrogens with zero attached hydrogens (tertiary/aromatic N) is 1. The summed E-state index contributed by atoms with van der Waals surface area (Å²) in [6.07, 6.45) is -0.695. The Morgan fingerprint density at radius 2 is 1.59 bits per heavy atom. The van der Waals surface area contributed by atoms with Crippen molar-refractivity contribution in [1.29, 1.82) is 5.26 Å². The molecule has 1 amide bonds. The summed E-state index contributed by atoms with van der Waals surface area (Å²) >= 11 is 5.96. The van der Waals surface area contributed by atoms with E-state index in [9.17, 15) is 14.9 Å². The first-order valence-electron chi connectivity index (χ1n) is 14.9. The SMILES string of the molecule is CC(C)[C@H](C(=O)O[C@H](C#N)c1cccc(Oc2ccccc2)c1)c1ccc(Cl)cc1.CNC(=O)Oc1cccc2c1OC(C)(C)C2. The smallest absolute Gasteiger partial charge is 0.412 e. The van der Waals surface area contributed by atoms with Crippen molar-refractivity contribution < 1.29 is 28.5 Å². The van der Waals surface area contributed by atoms with Gasteiger partial charge in [-0.1, -0.05) is 80.0 Å². The number of hydrogen-bond acceptors (Lipinski definition) is 7. The van der Waals surface area contributed by atoms with Crippen molar-refractivity contribution in [2.24, 2.45) is 5.92 Å². The monoisotopic (exact) mass is 640 g/mol. The Bertz CT molecular complexity index is 1680. The summed E-state index contributed by atoms with van der Waals surface area (Å²) in [6, 6.07) is 31.1. The number of para-hydroxylation sites is 2. The zero-order valence-electron chi connectivity index (χ0n) is 26.5. The third-order valence-electron chi connectivity index (χ3n) is 7.10. The molecule has 1 aliphatic rings. The van der Waals surface area contributed by atoms with Crippen LogP contribution in [-0.2, 0) is 16.0 Å². The van der Waals surface area contributed by atoms with Gasteiger partial charge in [0, 0.05) is 29.6 Å². The number of carbonyl (C=O) groups excluding carboxylic acids is 2. The second-order valence-electron chi connectivity index (χ2n) is 11.6. The molecule has 0 radical (unpaired) electrons. The Kier molecular flexibility index (Phi) is 11.3. The molecule has 1 N–H and O–H groups in total. The molecule has 4 aromatic carbocycles. The molecule has 8 nitrogen and oxygen atoms in total. The molecule has 5 rings (SSSR count). The van der Waals surface area contributed by atoms with E-state index in [4.69, 9.17) is 30.5 Å². The van der Waals surface area contributed by atoms with Gasteiger partial charge in [0.05, 0.1) is 5.92 Å². The Balaban J connectivity index is 0.000000252. The van der Waals surface area contributed by atoms with Gasteiger partial charge in [-0.3, -0.25) is 4.79 Å². The van der Waals surface area contributed by atoms with Crippen molar-refractivity contribution in [2.75, 3.05) is 7.05 Å². The number of ether oxygens (including phenoxy) is 4. The molecular weight excluding hydrogens is 604 g/mol. The third kappa shape index (κ3) is 9.02. The normalized spacial score (nSPS) is 13.9. The molecule has 0 aromatic heterocycles. The maximum Gasteiger partial charge on any atom is 0.412 e. The maximum absolute atomic E-state index is 13.0. The number of fused-ring (bicyclic) bond motifs is 1. The number of benzene rings is 4. The first-order valence-corrected chi connectivity index (χ1v) is 15.3. The molecule has 4 aromatic rings. The van der Waals surface area contributed by atoms with Gasteiger partial charge in [0.15, 0.2) is 11.5 Å². The number of rotatable bonds is 8. The van der Waals surface area contributed by atoms with Crippen molar-refractivity contribution in [3.8, 4) is 29.1 Å². The zero-order chi connectivity index (χ0) is 33.3. The van der Waals surface area contributed by atoms with Crippen molar-refractivity contribution in [1.82, 2.24) is 5.32 Å².